The molecule has 2 N–H and O–H groups in total. The van der Waals surface area contributed by atoms with Crippen molar-refractivity contribution in [2.45, 2.75) is 12.6 Å². The molecule has 0 saturated carbocycles. The van der Waals surface area contributed by atoms with Crippen LogP contribution in [0.1, 0.15) is 27.5 Å². The maximum absolute atomic E-state index is 13.0. The minimum absolute atomic E-state index is 0.0500. The van der Waals surface area contributed by atoms with Gasteiger partial charge in [-0.2, -0.15) is 0 Å². The fourth-order valence-electron chi connectivity index (χ4n) is 3.69. The number of methoxy groups -OCH3 is 1. The average molecular weight is 487 g/mol. The van der Waals surface area contributed by atoms with Gasteiger partial charge < -0.3 is 20.1 Å². The number of amides is 2. The summed E-state index contributed by atoms with van der Waals surface area (Å²) < 4.78 is 5.20. The van der Waals surface area contributed by atoms with E-state index in [1.165, 1.54) is 11.1 Å². The van der Waals surface area contributed by atoms with Crippen LogP contribution >= 0.6 is 23.2 Å². The van der Waals surface area contributed by atoms with Crippen LogP contribution in [0, 0.1) is 0 Å². The van der Waals surface area contributed by atoms with Gasteiger partial charge in [0, 0.05) is 17.7 Å². The Morgan fingerprint density at radius 3 is 2.85 bits per heavy atom. The number of nitrogens with one attached hydrogen (secondary N) is 1. The lowest BCUT2D eigenvalue weighted by molar-refractivity contribution is -0.122. The van der Waals surface area contributed by atoms with Crippen LogP contribution < -0.4 is 10.1 Å². The van der Waals surface area contributed by atoms with Crippen LogP contribution in [0.15, 0.2) is 48.7 Å². The van der Waals surface area contributed by atoms with Crippen molar-refractivity contribution in [2.75, 3.05) is 20.3 Å². The van der Waals surface area contributed by atoms with Crippen LogP contribution in [-0.2, 0) is 11.3 Å². The number of aromatic nitrogens is 2. The molecule has 2 aromatic carbocycles. The number of benzene rings is 2. The summed E-state index contributed by atoms with van der Waals surface area (Å²) in [6, 6.07) is 11.7. The number of halogens is 2. The molecule has 0 bridgehead atoms. The zero-order valence-electron chi connectivity index (χ0n) is 17.6. The molecular weight excluding hydrogens is 467 g/mol. The number of carbonyl (C=O) groups excluding carboxylic acids is 2. The molecule has 170 valence electrons. The molecule has 2 heterocycles. The van der Waals surface area contributed by atoms with Gasteiger partial charge >= 0.3 is 0 Å². The summed E-state index contributed by atoms with van der Waals surface area (Å²) >= 11 is 12.1. The van der Waals surface area contributed by atoms with E-state index < -0.39 is 6.04 Å². The lowest BCUT2D eigenvalue weighted by Crippen LogP contribution is -2.40. The predicted octanol–water partition coefficient (Wildman–Crippen LogP) is 3.26. The van der Waals surface area contributed by atoms with Crippen molar-refractivity contribution in [1.29, 1.82) is 0 Å². The molecule has 8 nitrogen and oxygen atoms in total. The van der Waals surface area contributed by atoms with Crippen LogP contribution in [0.3, 0.4) is 0 Å². The van der Waals surface area contributed by atoms with Gasteiger partial charge in [0.05, 0.1) is 36.7 Å². The second kappa shape index (κ2) is 9.74. The molecule has 3 aromatic rings. The zero-order chi connectivity index (χ0) is 23.5. The van der Waals surface area contributed by atoms with Crippen LogP contribution in [0.5, 0.6) is 5.75 Å². The van der Waals surface area contributed by atoms with Crippen molar-refractivity contribution in [2.24, 2.45) is 0 Å². The number of hydrogen-bond acceptors (Lipinski definition) is 6. The first-order valence-corrected chi connectivity index (χ1v) is 10.8. The normalized spacial score (nSPS) is 13.6. The monoisotopic (exact) mass is 486 g/mol. The summed E-state index contributed by atoms with van der Waals surface area (Å²) in [6.07, 6.45) is 1.40. The number of carbonyl (C=O) groups is 2. The Morgan fingerprint density at radius 1 is 1.27 bits per heavy atom. The van der Waals surface area contributed by atoms with Gasteiger partial charge in [0.15, 0.2) is 0 Å². The molecule has 0 radical (unpaired) electrons. The molecule has 1 aliphatic rings. The van der Waals surface area contributed by atoms with Crippen molar-refractivity contribution in [3.63, 3.8) is 0 Å². The molecule has 4 rings (SSSR count). The Hall–Kier alpha value is -3.20. The molecule has 1 aromatic heterocycles. The highest BCUT2D eigenvalue weighted by atomic mass is 35.5. The van der Waals surface area contributed by atoms with Crippen LogP contribution in [-0.4, -0.2) is 52.1 Å². The fraction of sp³-hybridized carbons (Fsp3) is 0.217. The van der Waals surface area contributed by atoms with Gasteiger partial charge in [-0.15, -0.1) is 0 Å². The highest BCUT2D eigenvalue weighted by Crippen LogP contribution is 2.31. The minimum Gasteiger partial charge on any atom is -0.497 e. The number of aliphatic hydroxyl groups is 1. The number of rotatable bonds is 7. The molecule has 0 fully saturated rings. The second-order valence-electron chi connectivity index (χ2n) is 7.45. The van der Waals surface area contributed by atoms with Gasteiger partial charge in [0.25, 0.3) is 5.91 Å². The summed E-state index contributed by atoms with van der Waals surface area (Å²) in [6.45, 7) is -0.148. The maximum Gasteiger partial charge on any atom is 0.254 e. The third-order valence-electron chi connectivity index (χ3n) is 5.33. The standard InChI is InChI=1S/C23H20Cl2N4O4/c1-33-16-4-2-3-13(7-16)19(12-30)27-20(31)11-29-10-15-6-5-14(8-17(15)22(29)32)21-18(24)9-26-23(25)28-21/h2-9,19,30H,10-12H2,1H3,(H,27,31). The Bertz CT molecular complexity index is 1220. The zero-order valence-corrected chi connectivity index (χ0v) is 19.1. The third kappa shape index (κ3) is 4.93. The summed E-state index contributed by atoms with van der Waals surface area (Å²) in [5.74, 6) is -0.0460. The van der Waals surface area contributed by atoms with E-state index in [2.05, 4.69) is 15.3 Å². The Labute approximate surface area is 200 Å². The van der Waals surface area contributed by atoms with Crippen LogP contribution in [0.25, 0.3) is 11.3 Å². The van der Waals surface area contributed by atoms with E-state index in [1.54, 1.807) is 49.6 Å². The van der Waals surface area contributed by atoms with Crippen molar-refractivity contribution in [1.82, 2.24) is 20.2 Å². The van der Waals surface area contributed by atoms with E-state index in [9.17, 15) is 14.7 Å². The van der Waals surface area contributed by atoms with Gasteiger partial charge in [-0.3, -0.25) is 9.59 Å². The Kier molecular flexibility index (Phi) is 6.78. The van der Waals surface area contributed by atoms with E-state index in [-0.39, 0.29) is 30.2 Å². The van der Waals surface area contributed by atoms with E-state index in [4.69, 9.17) is 27.9 Å². The Balaban J connectivity index is 1.47. The summed E-state index contributed by atoms with van der Waals surface area (Å²) in [4.78, 5) is 35.1. The van der Waals surface area contributed by atoms with Crippen LogP contribution in [0.2, 0.25) is 10.3 Å². The van der Waals surface area contributed by atoms with Gasteiger partial charge in [-0.05, 0) is 40.9 Å². The molecule has 0 saturated heterocycles. The fourth-order valence-corrected chi connectivity index (χ4v) is 4.02. The van der Waals surface area contributed by atoms with Gasteiger partial charge in [-0.25, -0.2) is 9.97 Å². The topological polar surface area (TPSA) is 105 Å². The molecule has 2 amide bonds. The molecular formula is C23H20Cl2N4O4. The van der Waals surface area contributed by atoms with Crippen molar-refractivity contribution in [3.05, 3.63) is 75.7 Å². The summed E-state index contributed by atoms with van der Waals surface area (Å²) in [7, 11) is 1.54. The highest BCUT2D eigenvalue weighted by molar-refractivity contribution is 6.33. The molecule has 0 spiro atoms. The van der Waals surface area contributed by atoms with Crippen molar-refractivity contribution < 1.29 is 19.4 Å². The first-order valence-electron chi connectivity index (χ1n) is 10.0. The van der Waals surface area contributed by atoms with E-state index in [0.29, 0.717) is 39.7 Å². The molecule has 1 aliphatic heterocycles. The van der Waals surface area contributed by atoms with Crippen molar-refractivity contribution in [3.8, 4) is 17.0 Å². The maximum atomic E-state index is 13.0. The molecule has 1 atom stereocenters. The van der Waals surface area contributed by atoms with Crippen LogP contribution in [0.4, 0.5) is 0 Å². The first kappa shape index (κ1) is 23.0. The van der Waals surface area contributed by atoms with Gasteiger partial charge in [0.2, 0.25) is 11.2 Å². The lowest BCUT2D eigenvalue weighted by Gasteiger charge is -2.20. The first-order chi connectivity index (χ1) is 15.9. The van der Waals surface area contributed by atoms with Gasteiger partial charge in [-0.1, -0.05) is 35.9 Å². The van der Waals surface area contributed by atoms with E-state index in [0.717, 1.165) is 5.56 Å². The number of fused-ring (bicyclic) bond motifs is 1. The number of aliphatic hydroxyl groups excluding tert-OH is 1. The smallest absolute Gasteiger partial charge is 0.254 e. The number of hydrogen-bond donors (Lipinski definition) is 2. The molecule has 33 heavy (non-hydrogen) atoms. The van der Waals surface area contributed by atoms with E-state index in [1.807, 2.05) is 0 Å². The SMILES string of the molecule is COc1cccc(C(CO)NC(=O)CN2Cc3ccc(-c4nc(Cl)ncc4Cl)cc3C2=O)c1. The molecule has 0 aliphatic carbocycles. The summed E-state index contributed by atoms with van der Waals surface area (Å²) in [5, 5.41) is 12.9. The van der Waals surface area contributed by atoms with Crippen molar-refractivity contribution >= 4 is 35.0 Å². The second-order valence-corrected chi connectivity index (χ2v) is 8.19. The largest absolute Gasteiger partial charge is 0.497 e. The number of nitrogens with zero attached hydrogens (tertiary/aromatic N) is 3. The lowest BCUT2D eigenvalue weighted by atomic mass is 10.0. The Morgan fingerprint density at radius 2 is 2.09 bits per heavy atom. The minimum atomic E-state index is -0.621. The quantitative estimate of drug-likeness (QED) is 0.496. The molecule has 1 unspecified atom stereocenters. The number of ether oxygens (including phenoxy) is 1. The summed E-state index contributed by atoms with van der Waals surface area (Å²) in [5.41, 5.74) is 3.01. The van der Waals surface area contributed by atoms with Gasteiger partial charge in [0.1, 0.15) is 12.3 Å². The van der Waals surface area contributed by atoms with E-state index >= 15 is 0 Å². The third-order valence-corrected chi connectivity index (χ3v) is 5.78. The predicted molar refractivity (Wildman–Crippen MR) is 123 cm³/mol. The average Bonchev–Trinajstić information content (AvgIpc) is 3.13. The highest BCUT2D eigenvalue weighted by Gasteiger charge is 2.30. The molecule has 10 heteroatoms.